The van der Waals surface area contributed by atoms with Gasteiger partial charge in [-0.25, -0.2) is 9.59 Å². The Hall–Kier alpha value is -2.10. The molecule has 1 aromatic carbocycles. The normalized spacial score (nSPS) is 10.9. The molecule has 0 aliphatic heterocycles. The van der Waals surface area contributed by atoms with Gasteiger partial charge >= 0.3 is 11.9 Å². The van der Waals surface area contributed by atoms with Crippen molar-refractivity contribution in [2.24, 2.45) is 5.92 Å². The van der Waals surface area contributed by atoms with E-state index in [1.165, 1.54) is 0 Å². The van der Waals surface area contributed by atoms with Crippen LogP contribution in [0.5, 0.6) is 0 Å². The Bertz CT molecular complexity index is 500. The first kappa shape index (κ1) is 18.0. The Kier molecular flexibility index (Phi) is 7.97. The predicted octanol–water partition coefficient (Wildman–Crippen LogP) is 4.01. The van der Waals surface area contributed by atoms with E-state index in [1.54, 1.807) is 30.3 Å². The molecule has 0 saturated carbocycles. The second-order valence-corrected chi connectivity index (χ2v) is 5.42. The molecule has 0 amide bonds. The highest BCUT2D eigenvalue weighted by atomic mass is 16.5. The summed E-state index contributed by atoms with van der Waals surface area (Å²) in [5.41, 5.74) is 0.857. The van der Waals surface area contributed by atoms with Crippen molar-refractivity contribution in [2.75, 3.05) is 13.2 Å². The lowest BCUT2D eigenvalue weighted by Crippen LogP contribution is -2.09. The minimum atomic E-state index is -0.407. The van der Waals surface area contributed by atoms with Crippen LogP contribution in [0.15, 0.2) is 36.4 Å². The lowest BCUT2D eigenvalue weighted by molar-refractivity contribution is 0.0491. The quantitative estimate of drug-likeness (QED) is 0.413. The van der Waals surface area contributed by atoms with Crippen LogP contribution >= 0.6 is 0 Å². The molecule has 1 aromatic rings. The molecule has 120 valence electrons. The van der Waals surface area contributed by atoms with Gasteiger partial charge in [-0.1, -0.05) is 26.0 Å². The first-order valence-electron chi connectivity index (χ1n) is 7.60. The molecule has 0 aromatic heterocycles. The third kappa shape index (κ3) is 6.57. The molecule has 1 rings (SSSR count). The largest absolute Gasteiger partial charge is 0.462 e. The summed E-state index contributed by atoms with van der Waals surface area (Å²) >= 11 is 0. The van der Waals surface area contributed by atoms with Crippen LogP contribution in [0.1, 0.15) is 54.3 Å². The molecule has 0 fully saturated rings. The van der Waals surface area contributed by atoms with Gasteiger partial charge in [-0.2, -0.15) is 0 Å². The minimum Gasteiger partial charge on any atom is -0.462 e. The van der Waals surface area contributed by atoms with Gasteiger partial charge in [0.15, 0.2) is 0 Å². The van der Waals surface area contributed by atoms with Crippen molar-refractivity contribution in [1.29, 1.82) is 0 Å². The summed E-state index contributed by atoms with van der Waals surface area (Å²) in [7, 11) is 0. The minimum absolute atomic E-state index is 0.245. The van der Waals surface area contributed by atoms with Crippen molar-refractivity contribution in [3.8, 4) is 0 Å². The van der Waals surface area contributed by atoms with Crippen LogP contribution in [0.2, 0.25) is 0 Å². The molecule has 4 nitrogen and oxygen atoms in total. The maximum atomic E-state index is 11.8. The van der Waals surface area contributed by atoms with Gasteiger partial charge in [0.25, 0.3) is 0 Å². The molecule has 0 bridgehead atoms. The lowest BCUT2D eigenvalue weighted by Gasteiger charge is -2.07. The van der Waals surface area contributed by atoms with E-state index < -0.39 is 5.97 Å². The second-order valence-electron chi connectivity index (χ2n) is 5.42. The van der Waals surface area contributed by atoms with Crippen LogP contribution in [0.25, 0.3) is 0 Å². The van der Waals surface area contributed by atoms with Crippen LogP contribution in [-0.4, -0.2) is 25.2 Å². The van der Waals surface area contributed by atoms with Gasteiger partial charge in [0.05, 0.1) is 17.7 Å². The summed E-state index contributed by atoms with van der Waals surface area (Å²) in [6, 6.07) is 6.31. The number of rotatable bonds is 8. The van der Waals surface area contributed by atoms with E-state index in [1.807, 2.05) is 13.0 Å². The van der Waals surface area contributed by atoms with E-state index in [-0.39, 0.29) is 12.6 Å². The van der Waals surface area contributed by atoms with Crippen LogP contribution in [0.3, 0.4) is 0 Å². The summed E-state index contributed by atoms with van der Waals surface area (Å²) in [5, 5.41) is 0. The van der Waals surface area contributed by atoms with Crippen LogP contribution in [0, 0.1) is 5.92 Å². The number of benzene rings is 1. The average molecular weight is 304 g/mol. The van der Waals surface area contributed by atoms with E-state index in [0.29, 0.717) is 23.7 Å². The highest BCUT2D eigenvalue weighted by Gasteiger charge is 2.10. The van der Waals surface area contributed by atoms with Gasteiger partial charge in [0, 0.05) is 0 Å². The fourth-order valence-electron chi connectivity index (χ4n) is 1.79. The first-order valence-corrected chi connectivity index (χ1v) is 7.60. The van der Waals surface area contributed by atoms with E-state index in [0.717, 1.165) is 12.8 Å². The lowest BCUT2D eigenvalue weighted by atomic mass is 10.1. The first-order chi connectivity index (χ1) is 10.5. The van der Waals surface area contributed by atoms with E-state index >= 15 is 0 Å². The molecule has 0 N–H and O–H groups in total. The number of carbonyl (C=O) groups excluding carboxylic acids is 2. The van der Waals surface area contributed by atoms with Crippen LogP contribution in [0.4, 0.5) is 0 Å². The van der Waals surface area contributed by atoms with E-state index in [2.05, 4.69) is 13.8 Å². The number of hydrogen-bond donors (Lipinski definition) is 0. The van der Waals surface area contributed by atoms with Crippen molar-refractivity contribution in [3.63, 3.8) is 0 Å². The summed E-state index contributed by atoms with van der Waals surface area (Å²) in [5.74, 6) is -0.168. The Morgan fingerprint density at radius 3 is 2.09 bits per heavy atom. The van der Waals surface area contributed by atoms with Crippen molar-refractivity contribution < 1.29 is 19.1 Å². The van der Waals surface area contributed by atoms with Gasteiger partial charge in [0.1, 0.15) is 6.61 Å². The second kappa shape index (κ2) is 9.77. The van der Waals surface area contributed by atoms with Crippen LogP contribution in [-0.2, 0) is 9.47 Å². The van der Waals surface area contributed by atoms with Crippen molar-refractivity contribution in [1.82, 2.24) is 0 Å². The van der Waals surface area contributed by atoms with Gasteiger partial charge in [-0.3, -0.25) is 0 Å². The fourth-order valence-corrected chi connectivity index (χ4v) is 1.79. The Labute approximate surface area is 132 Å². The standard InChI is InChI=1S/C18H24O4/c1-4-5-12-21-17(19)15-8-10-16(11-9-15)18(20)22-13-6-7-14(2)3/h4-5,8-11,14H,6-7,12-13H2,1-3H3/b5-4+. The number of hydrogen-bond acceptors (Lipinski definition) is 4. The summed E-state index contributed by atoms with van der Waals surface area (Å²) in [6.07, 6.45) is 5.45. The maximum Gasteiger partial charge on any atom is 0.338 e. The van der Waals surface area contributed by atoms with Crippen molar-refractivity contribution in [2.45, 2.75) is 33.6 Å². The zero-order valence-electron chi connectivity index (χ0n) is 13.5. The molecular formula is C18H24O4. The maximum absolute atomic E-state index is 11.8. The summed E-state index contributed by atoms with van der Waals surface area (Å²) < 4.78 is 10.2. The van der Waals surface area contributed by atoms with E-state index in [9.17, 15) is 9.59 Å². The molecular weight excluding hydrogens is 280 g/mol. The Balaban J connectivity index is 2.46. The van der Waals surface area contributed by atoms with Crippen molar-refractivity contribution >= 4 is 11.9 Å². The molecule has 0 aliphatic rings. The number of carbonyl (C=O) groups is 2. The molecule has 22 heavy (non-hydrogen) atoms. The zero-order chi connectivity index (χ0) is 16.4. The van der Waals surface area contributed by atoms with Crippen LogP contribution < -0.4 is 0 Å². The highest BCUT2D eigenvalue weighted by molar-refractivity contribution is 5.93. The number of esters is 2. The third-order valence-electron chi connectivity index (χ3n) is 3.06. The third-order valence-corrected chi connectivity index (χ3v) is 3.06. The highest BCUT2D eigenvalue weighted by Crippen LogP contribution is 2.09. The van der Waals surface area contributed by atoms with Gasteiger partial charge in [-0.15, -0.1) is 0 Å². The molecule has 0 aliphatic carbocycles. The fraction of sp³-hybridized carbons (Fsp3) is 0.444. The molecule has 0 spiro atoms. The Morgan fingerprint density at radius 1 is 1.05 bits per heavy atom. The molecule has 0 heterocycles. The molecule has 0 radical (unpaired) electrons. The number of allylic oxidation sites excluding steroid dienone is 1. The summed E-state index contributed by atoms with van der Waals surface area (Å²) in [6.45, 7) is 6.79. The Morgan fingerprint density at radius 2 is 1.59 bits per heavy atom. The predicted molar refractivity (Wildman–Crippen MR) is 85.9 cm³/mol. The van der Waals surface area contributed by atoms with Gasteiger partial charge in [0.2, 0.25) is 0 Å². The summed E-state index contributed by atoms with van der Waals surface area (Å²) in [4.78, 5) is 23.5. The SMILES string of the molecule is C/C=C/COC(=O)c1ccc(C(=O)OCCCC(C)C)cc1. The van der Waals surface area contributed by atoms with Gasteiger partial charge in [-0.05, 0) is 49.9 Å². The van der Waals surface area contributed by atoms with Gasteiger partial charge < -0.3 is 9.47 Å². The van der Waals surface area contributed by atoms with Crippen molar-refractivity contribution in [3.05, 3.63) is 47.5 Å². The molecule has 0 atom stereocenters. The topological polar surface area (TPSA) is 52.6 Å². The number of ether oxygens (including phenoxy) is 2. The average Bonchev–Trinajstić information content (AvgIpc) is 2.51. The molecule has 0 saturated heterocycles. The van der Waals surface area contributed by atoms with E-state index in [4.69, 9.17) is 9.47 Å². The zero-order valence-corrected chi connectivity index (χ0v) is 13.5. The smallest absolute Gasteiger partial charge is 0.338 e. The monoisotopic (exact) mass is 304 g/mol. The molecule has 4 heteroatoms. The molecule has 0 unspecified atom stereocenters.